The molecule has 0 unspecified atom stereocenters. The van der Waals surface area contributed by atoms with Gasteiger partial charge in [0.05, 0.1) is 24.0 Å². The highest BCUT2D eigenvalue weighted by Gasteiger charge is 2.28. The van der Waals surface area contributed by atoms with E-state index in [1.54, 1.807) is 0 Å². The first-order valence-electron chi connectivity index (χ1n) is 6.41. The van der Waals surface area contributed by atoms with Gasteiger partial charge in [-0.2, -0.15) is 0 Å². The quantitative estimate of drug-likeness (QED) is 0.507. The van der Waals surface area contributed by atoms with Crippen molar-refractivity contribution in [1.29, 1.82) is 0 Å². The number of hydrogen-bond acceptors (Lipinski definition) is 3. The highest BCUT2D eigenvalue weighted by molar-refractivity contribution is 14.1. The summed E-state index contributed by atoms with van der Waals surface area (Å²) in [7, 11) is 0. The maximum absolute atomic E-state index is 11.8. The molecule has 4 N–H and O–H groups in total. The van der Waals surface area contributed by atoms with Crippen LogP contribution in [0.4, 0.5) is 5.69 Å². The van der Waals surface area contributed by atoms with E-state index in [0.717, 1.165) is 38.8 Å². The van der Waals surface area contributed by atoms with E-state index in [1.165, 1.54) is 6.42 Å². The number of benzene rings is 1. The van der Waals surface area contributed by atoms with E-state index in [2.05, 4.69) is 50.1 Å². The lowest BCUT2D eigenvalue weighted by Crippen LogP contribution is -2.33. The summed E-state index contributed by atoms with van der Waals surface area (Å²) in [5.74, 6) is -1.05. The van der Waals surface area contributed by atoms with Gasteiger partial charge in [-0.1, -0.05) is 0 Å². The zero-order valence-corrected chi connectivity index (χ0v) is 17.6. The Balaban J connectivity index is 2.73. The van der Waals surface area contributed by atoms with Gasteiger partial charge < -0.3 is 16.4 Å². The Hall–Kier alpha value is 0.150. The highest BCUT2D eigenvalue weighted by atomic mass is 127. The molecular weight excluding hydrogens is 611 g/mol. The maximum Gasteiger partial charge on any atom is 0.250 e. The summed E-state index contributed by atoms with van der Waals surface area (Å²) in [4.78, 5) is 25.8. The van der Waals surface area contributed by atoms with Gasteiger partial charge in [-0.25, -0.2) is 0 Å². The second-order valence-corrected chi connectivity index (χ2v) is 8.05. The molecule has 0 saturated carbocycles. The van der Waals surface area contributed by atoms with Gasteiger partial charge in [0.15, 0.2) is 0 Å². The molecule has 2 amide bonds. The molecule has 5 nitrogen and oxygen atoms in total. The Morgan fingerprint density at radius 1 is 0.810 bits per heavy atom. The van der Waals surface area contributed by atoms with Crippen molar-refractivity contribution in [3.63, 3.8) is 0 Å². The molecule has 1 aliphatic rings. The van der Waals surface area contributed by atoms with Crippen LogP contribution in [0, 0.1) is 10.7 Å². The minimum atomic E-state index is -0.527. The number of anilines is 1. The van der Waals surface area contributed by atoms with Crippen LogP contribution in [0.25, 0.3) is 0 Å². The number of nitrogens with zero attached hydrogens (tertiary/aromatic N) is 1. The molecule has 1 heterocycles. The van der Waals surface area contributed by atoms with E-state index < -0.39 is 11.8 Å². The molecule has 1 aromatic rings. The lowest BCUT2D eigenvalue weighted by Gasteiger charge is -2.32. The molecule has 0 aromatic heterocycles. The van der Waals surface area contributed by atoms with Gasteiger partial charge in [0.25, 0.3) is 11.8 Å². The van der Waals surface area contributed by atoms with Crippen LogP contribution in [0.2, 0.25) is 0 Å². The van der Waals surface area contributed by atoms with Crippen molar-refractivity contribution in [2.45, 2.75) is 19.3 Å². The molecule has 21 heavy (non-hydrogen) atoms. The van der Waals surface area contributed by atoms with E-state index in [0.29, 0.717) is 14.7 Å². The predicted octanol–water partition coefficient (Wildman–Crippen LogP) is 2.69. The molecule has 0 radical (unpaired) electrons. The maximum atomic E-state index is 11.8. The second kappa shape index (κ2) is 7.15. The van der Waals surface area contributed by atoms with E-state index in [-0.39, 0.29) is 0 Å². The van der Waals surface area contributed by atoms with Crippen molar-refractivity contribution in [2.75, 3.05) is 18.0 Å². The summed E-state index contributed by atoms with van der Waals surface area (Å²) in [5, 5.41) is 0. The van der Waals surface area contributed by atoms with Crippen molar-refractivity contribution in [3.8, 4) is 0 Å². The normalized spacial score (nSPS) is 15.1. The van der Waals surface area contributed by atoms with Crippen LogP contribution >= 0.6 is 67.8 Å². The number of hydrogen-bond donors (Lipinski definition) is 2. The number of carbonyl (C=O) groups is 2. The third-order valence-corrected chi connectivity index (χ3v) is 6.64. The van der Waals surface area contributed by atoms with Crippen LogP contribution in [0.15, 0.2) is 0 Å². The van der Waals surface area contributed by atoms with Crippen LogP contribution < -0.4 is 16.4 Å². The van der Waals surface area contributed by atoms with Crippen molar-refractivity contribution in [1.82, 2.24) is 0 Å². The fourth-order valence-electron chi connectivity index (χ4n) is 2.48. The van der Waals surface area contributed by atoms with Crippen LogP contribution in [0.1, 0.15) is 40.0 Å². The van der Waals surface area contributed by atoms with E-state index in [4.69, 9.17) is 11.5 Å². The molecule has 2 rings (SSSR count). The van der Waals surface area contributed by atoms with Gasteiger partial charge >= 0.3 is 0 Å². The summed E-state index contributed by atoms with van der Waals surface area (Å²) in [6.45, 7) is 1.84. The average molecular weight is 625 g/mol. The third kappa shape index (κ3) is 3.41. The first kappa shape index (κ1) is 17.5. The second-order valence-electron chi connectivity index (χ2n) is 4.82. The van der Waals surface area contributed by atoms with Crippen LogP contribution in [0.3, 0.4) is 0 Å². The Morgan fingerprint density at radius 3 is 1.62 bits per heavy atom. The number of halogens is 3. The van der Waals surface area contributed by atoms with Gasteiger partial charge in [-0.3, -0.25) is 9.59 Å². The number of primary amides is 2. The number of amides is 2. The van der Waals surface area contributed by atoms with Crippen LogP contribution in [0.5, 0.6) is 0 Å². The molecule has 114 valence electrons. The summed E-state index contributed by atoms with van der Waals surface area (Å²) < 4.78 is 2.16. The van der Waals surface area contributed by atoms with Crippen molar-refractivity contribution in [3.05, 3.63) is 21.8 Å². The first-order valence-corrected chi connectivity index (χ1v) is 9.64. The third-order valence-electron chi connectivity index (χ3n) is 3.46. The number of nitrogens with two attached hydrogens (primary N) is 2. The molecule has 1 aliphatic heterocycles. The highest BCUT2D eigenvalue weighted by Crippen LogP contribution is 2.38. The Bertz CT molecular complexity index is 572. The number of carbonyl (C=O) groups excluding carboxylic acids is 2. The van der Waals surface area contributed by atoms with Gasteiger partial charge in [0, 0.05) is 16.7 Å². The van der Waals surface area contributed by atoms with Crippen LogP contribution in [-0.2, 0) is 0 Å². The average Bonchev–Trinajstić information content (AvgIpc) is 2.38. The Labute approximate surface area is 164 Å². The summed E-state index contributed by atoms with van der Waals surface area (Å²) in [6, 6.07) is 0. The zero-order valence-electron chi connectivity index (χ0n) is 11.1. The molecule has 8 heteroatoms. The molecule has 1 saturated heterocycles. The topological polar surface area (TPSA) is 89.4 Å². The summed E-state index contributed by atoms with van der Waals surface area (Å²) >= 11 is 6.27. The SMILES string of the molecule is NC(=O)c1c(I)c(C(N)=O)c(I)c(N2CCCCC2)c1I. The number of rotatable bonds is 3. The fraction of sp³-hybridized carbons (Fsp3) is 0.385. The molecular formula is C13H14I3N3O2. The van der Waals surface area contributed by atoms with E-state index >= 15 is 0 Å². The molecule has 0 spiro atoms. The summed E-state index contributed by atoms with van der Waals surface area (Å²) in [5.41, 5.74) is 12.7. The Kier molecular flexibility index (Phi) is 5.96. The molecule has 0 aliphatic carbocycles. The lowest BCUT2D eigenvalue weighted by molar-refractivity contribution is 0.0998. The van der Waals surface area contributed by atoms with Crippen molar-refractivity contribution < 1.29 is 9.59 Å². The monoisotopic (exact) mass is 625 g/mol. The minimum Gasteiger partial charge on any atom is -0.370 e. The van der Waals surface area contributed by atoms with E-state index in [1.807, 2.05) is 22.6 Å². The fourth-order valence-corrected chi connectivity index (χ4v) is 7.39. The van der Waals surface area contributed by atoms with E-state index in [9.17, 15) is 9.59 Å². The molecule has 1 aromatic carbocycles. The standard InChI is InChI=1S/C13H14I3N3O2/c14-8-6(12(17)20)9(15)11(10(16)7(8)13(18)21)19-4-2-1-3-5-19/h1-5H2,(H2,17,20)(H2,18,21). The van der Waals surface area contributed by atoms with Crippen molar-refractivity contribution >= 4 is 85.3 Å². The van der Waals surface area contributed by atoms with Gasteiger partial charge in [0.1, 0.15) is 0 Å². The summed E-state index contributed by atoms with van der Waals surface area (Å²) in [6.07, 6.45) is 3.42. The molecule has 0 bridgehead atoms. The zero-order chi connectivity index (χ0) is 15.7. The first-order chi connectivity index (χ1) is 9.86. The minimum absolute atomic E-state index is 0.394. The predicted molar refractivity (Wildman–Crippen MR) is 108 cm³/mol. The largest absolute Gasteiger partial charge is 0.370 e. The number of piperidine rings is 1. The lowest BCUT2D eigenvalue weighted by atomic mass is 10.0. The van der Waals surface area contributed by atoms with Gasteiger partial charge in [0.2, 0.25) is 0 Å². The van der Waals surface area contributed by atoms with Crippen LogP contribution in [-0.4, -0.2) is 24.9 Å². The molecule has 1 fully saturated rings. The Morgan fingerprint density at radius 2 is 1.24 bits per heavy atom. The van der Waals surface area contributed by atoms with Gasteiger partial charge in [-0.15, -0.1) is 0 Å². The van der Waals surface area contributed by atoms with Crippen molar-refractivity contribution in [2.24, 2.45) is 11.5 Å². The molecule has 0 atom stereocenters. The smallest absolute Gasteiger partial charge is 0.250 e. The van der Waals surface area contributed by atoms with Gasteiger partial charge in [-0.05, 0) is 87.0 Å².